The highest BCUT2D eigenvalue weighted by molar-refractivity contribution is 7.89. The van der Waals surface area contributed by atoms with E-state index in [0.717, 1.165) is 21.5 Å². The van der Waals surface area contributed by atoms with Crippen molar-refractivity contribution in [2.45, 2.75) is 28.3 Å². The molecule has 1 saturated heterocycles. The fourth-order valence-electron chi connectivity index (χ4n) is 3.99. The predicted molar refractivity (Wildman–Crippen MR) is 135 cm³/mol. The fourth-order valence-corrected chi connectivity index (χ4v) is 7.26. The van der Waals surface area contributed by atoms with Crippen LogP contribution in [0.5, 0.6) is 0 Å². The average molecular weight is 570 g/mol. The van der Waals surface area contributed by atoms with Crippen molar-refractivity contribution in [1.82, 2.24) is 14.5 Å². The average Bonchev–Trinajstić information content (AvgIpc) is 3.29. The molecular weight excluding hydrogens is 549 g/mol. The van der Waals surface area contributed by atoms with E-state index in [1.54, 1.807) is 12.1 Å². The minimum atomic E-state index is -4.29. The summed E-state index contributed by atoms with van der Waals surface area (Å²) in [6.45, 7) is -0.345. The molecule has 1 heterocycles. The van der Waals surface area contributed by atoms with Crippen LogP contribution in [-0.4, -0.2) is 50.9 Å². The van der Waals surface area contributed by atoms with Crippen molar-refractivity contribution in [3.8, 4) is 11.1 Å². The summed E-state index contributed by atoms with van der Waals surface area (Å²) in [4.78, 5) is 12.0. The number of halogens is 2. The Morgan fingerprint density at radius 2 is 1.47 bits per heavy atom. The lowest BCUT2D eigenvalue weighted by Gasteiger charge is -2.22. The summed E-state index contributed by atoms with van der Waals surface area (Å²) in [5.41, 5.74) is 3.20. The van der Waals surface area contributed by atoms with E-state index in [0.29, 0.717) is 0 Å². The zero-order valence-corrected chi connectivity index (χ0v) is 21.7. The van der Waals surface area contributed by atoms with Gasteiger partial charge in [0, 0.05) is 12.6 Å². The lowest BCUT2D eigenvalue weighted by atomic mass is 10.1. The molecule has 3 N–H and O–H groups in total. The second-order valence-electron chi connectivity index (χ2n) is 8.09. The highest BCUT2D eigenvalue weighted by Gasteiger charge is 2.45. The Balaban J connectivity index is 1.57. The number of nitrogens with zero attached hydrogens (tertiary/aromatic N) is 1. The van der Waals surface area contributed by atoms with Crippen LogP contribution < -0.4 is 10.2 Å². The molecule has 3 aromatic carbocycles. The zero-order chi connectivity index (χ0) is 26.1. The standard InChI is InChI=1S/C23H21Cl2N3O6S2/c24-20-11-10-19(13-21(20)25)36(33,34)28-14-17(12-22(28)23(29)26-30)27-35(31,32)18-8-6-16(7-9-18)15-4-2-1-3-5-15/h1-11,13,17,22,27,30H,12,14H2,(H,26,29)/t17-,22-/m1/s1. The molecule has 0 bridgehead atoms. The van der Waals surface area contributed by atoms with Crippen LogP contribution >= 0.6 is 23.2 Å². The molecular formula is C23H21Cl2N3O6S2. The lowest BCUT2D eigenvalue weighted by molar-refractivity contribution is -0.132. The summed E-state index contributed by atoms with van der Waals surface area (Å²) in [5, 5.41) is 9.29. The van der Waals surface area contributed by atoms with Crippen molar-refractivity contribution >= 4 is 49.2 Å². The van der Waals surface area contributed by atoms with E-state index >= 15 is 0 Å². The highest BCUT2D eigenvalue weighted by atomic mass is 35.5. The first-order chi connectivity index (χ1) is 17.0. The molecule has 13 heteroatoms. The number of amides is 1. The quantitative estimate of drug-likeness (QED) is 0.295. The van der Waals surface area contributed by atoms with Gasteiger partial charge in [0.15, 0.2) is 0 Å². The maximum Gasteiger partial charge on any atom is 0.261 e. The minimum absolute atomic E-state index is 0.00343. The number of benzene rings is 3. The van der Waals surface area contributed by atoms with E-state index in [1.165, 1.54) is 29.7 Å². The molecule has 4 rings (SSSR count). The van der Waals surface area contributed by atoms with Gasteiger partial charge in [-0.05, 0) is 47.9 Å². The lowest BCUT2D eigenvalue weighted by Crippen LogP contribution is -2.45. The number of carbonyl (C=O) groups is 1. The molecule has 0 aromatic heterocycles. The molecule has 36 heavy (non-hydrogen) atoms. The van der Waals surface area contributed by atoms with Crippen LogP contribution in [-0.2, 0) is 24.8 Å². The monoisotopic (exact) mass is 569 g/mol. The Labute approximate surface area is 218 Å². The van der Waals surface area contributed by atoms with Crippen LogP contribution in [0.2, 0.25) is 10.0 Å². The molecule has 0 saturated carbocycles. The topological polar surface area (TPSA) is 133 Å². The van der Waals surface area contributed by atoms with Crippen LogP contribution in [0.3, 0.4) is 0 Å². The van der Waals surface area contributed by atoms with Gasteiger partial charge in [-0.25, -0.2) is 27.0 Å². The van der Waals surface area contributed by atoms with E-state index in [-0.39, 0.29) is 32.8 Å². The Morgan fingerprint density at radius 3 is 2.08 bits per heavy atom. The van der Waals surface area contributed by atoms with Crippen molar-refractivity contribution in [2.24, 2.45) is 0 Å². The summed E-state index contributed by atoms with van der Waals surface area (Å²) in [6.07, 6.45) is -0.200. The van der Waals surface area contributed by atoms with Crippen molar-refractivity contribution in [2.75, 3.05) is 6.54 Å². The Bertz CT molecular complexity index is 1480. The van der Waals surface area contributed by atoms with Gasteiger partial charge in [0.05, 0.1) is 19.8 Å². The summed E-state index contributed by atoms with van der Waals surface area (Å²) in [5.74, 6) is -0.993. The van der Waals surface area contributed by atoms with Gasteiger partial charge in [-0.2, -0.15) is 4.31 Å². The summed E-state index contributed by atoms with van der Waals surface area (Å²) >= 11 is 11.8. The number of carbonyl (C=O) groups excluding carboxylic acids is 1. The number of hydrogen-bond acceptors (Lipinski definition) is 6. The Hall–Kier alpha value is -2.51. The van der Waals surface area contributed by atoms with Gasteiger partial charge in [-0.15, -0.1) is 0 Å². The molecule has 3 aromatic rings. The van der Waals surface area contributed by atoms with Crippen LogP contribution in [0.1, 0.15) is 6.42 Å². The van der Waals surface area contributed by atoms with Crippen molar-refractivity contribution in [1.29, 1.82) is 0 Å². The number of sulfonamides is 2. The van der Waals surface area contributed by atoms with Crippen LogP contribution in [0, 0.1) is 0 Å². The number of nitrogens with one attached hydrogen (secondary N) is 2. The molecule has 190 valence electrons. The molecule has 9 nitrogen and oxygen atoms in total. The number of hydroxylamine groups is 1. The fraction of sp³-hybridized carbons (Fsp3) is 0.174. The van der Waals surface area contributed by atoms with Gasteiger partial charge in [-0.3, -0.25) is 10.0 Å². The molecule has 1 amide bonds. The van der Waals surface area contributed by atoms with Gasteiger partial charge in [0.25, 0.3) is 5.91 Å². The number of hydrogen-bond donors (Lipinski definition) is 3. The van der Waals surface area contributed by atoms with Crippen LogP contribution in [0.4, 0.5) is 0 Å². The number of rotatable bonds is 7. The first kappa shape index (κ1) is 26.6. The predicted octanol–water partition coefficient (Wildman–Crippen LogP) is 3.28. The summed E-state index contributed by atoms with van der Waals surface area (Å²) in [7, 11) is -8.34. The minimum Gasteiger partial charge on any atom is -0.289 e. The normalized spacial score (nSPS) is 18.8. The smallest absolute Gasteiger partial charge is 0.261 e. The van der Waals surface area contributed by atoms with E-state index < -0.39 is 38.0 Å². The first-order valence-corrected chi connectivity index (χ1v) is 14.3. The largest absolute Gasteiger partial charge is 0.289 e. The van der Waals surface area contributed by atoms with E-state index in [2.05, 4.69) is 4.72 Å². The van der Waals surface area contributed by atoms with Gasteiger partial charge in [-0.1, -0.05) is 65.7 Å². The molecule has 0 spiro atoms. The maximum absolute atomic E-state index is 13.3. The maximum atomic E-state index is 13.3. The molecule has 1 aliphatic rings. The highest BCUT2D eigenvalue weighted by Crippen LogP contribution is 2.31. The van der Waals surface area contributed by atoms with Gasteiger partial charge < -0.3 is 0 Å². The van der Waals surface area contributed by atoms with E-state index in [9.17, 15) is 21.6 Å². The summed E-state index contributed by atoms with van der Waals surface area (Å²) < 4.78 is 55.9. The third-order valence-corrected chi connectivity index (χ3v) is 9.91. The van der Waals surface area contributed by atoms with Crippen molar-refractivity contribution in [3.63, 3.8) is 0 Å². The molecule has 0 unspecified atom stereocenters. The van der Waals surface area contributed by atoms with E-state index in [4.69, 9.17) is 28.4 Å². The Kier molecular flexibility index (Phi) is 7.72. The van der Waals surface area contributed by atoms with Gasteiger partial charge >= 0.3 is 0 Å². The second kappa shape index (κ2) is 10.5. The third-order valence-electron chi connectivity index (χ3n) is 5.76. The molecule has 0 radical (unpaired) electrons. The van der Waals surface area contributed by atoms with Gasteiger partial charge in [0.2, 0.25) is 20.0 Å². The first-order valence-electron chi connectivity index (χ1n) is 10.6. The second-order valence-corrected chi connectivity index (χ2v) is 12.5. The van der Waals surface area contributed by atoms with Crippen LogP contribution in [0.25, 0.3) is 11.1 Å². The molecule has 0 aliphatic carbocycles. The molecule has 1 aliphatic heterocycles. The third kappa shape index (κ3) is 5.42. The van der Waals surface area contributed by atoms with Crippen LogP contribution in [0.15, 0.2) is 82.6 Å². The molecule has 2 atom stereocenters. The van der Waals surface area contributed by atoms with Crippen molar-refractivity contribution < 1.29 is 26.8 Å². The van der Waals surface area contributed by atoms with Crippen molar-refractivity contribution in [3.05, 3.63) is 82.8 Å². The van der Waals surface area contributed by atoms with Gasteiger partial charge in [0.1, 0.15) is 6.04 Å². The Morgan fingerprint density at radius 1 is 0.861 bits per heavy atom. The van der Waals surface area contributed by atoms with E-state index in [1.807, 2.05) is 30.3 Å². The SMILES string of the molecule is O=C(NO)[C@H]1C[C@@H](NS(=O)(=O)c2ccc(-c3ccccc3)cc2)CN1S(=O)(=O)c1ccc(Cl)c(Cl)c1. The molecule has 1 fully saturated rings. The zero-order valence-electron chi connectivity index (χ0n) is 18.5. The summed E-state index contributed by atoms with van der Waals surface area (Å²) in [6, 6.07) is 17.0.